The number of hydrogen-bond acceptors (Lipinski definition) is 2. The lowest BCUT2D eigenvalue weighted by molar-refractivity contribution is 0.361. The van der Waals surface area contributed by atoms with Gasteiger partial charge in [-0.2, -0.15) is 0 Å². The van der Waals surface area contributed by atoms with E-state index in [1.807, 2.05) is 0 Å². The molecule has 0 bridgehead atoms. The molecule has 2 atom stereocenters. The maximum atomic E-state index is 11.3. The van der Waals surface area contributed by atoms with Crippen LogP contribution in [0.4, 0.5) is 0 Å². The molecule has 0 aliphatic carbocycles. The zero-order chi connectivity index (χ0) is 8.70. The van der Waals surface area contributed by atoms with Gasteiger partial charge in [0.1, 0.15) is 0 Å². The van der Waals surface area contributed by atoms with Gasteiger partial charge in [0.25, 0.3) is 0 Å². The summed E-state index contributed by atoms with van der Waals surface area (Å²) < 4.78 is 22.0. The molecule has 6 heteroatoms. The third-order valence-corrected chi connectivity index (χ3v) is 6.11. The Kier molecular flexibility index (Phi) is 2.33. The minimum absolute atomic E-state index is 0.220. The maximum absolute atomic E-state index is 11.3. The van der Waals surface area contributed by atoms with E-state index in [2.05, 4.69) is 0 Å². The normalized spacial score (nSPS) is 39.4. The van der Waals surface area contributed by atoms with Gasteiger partial charge >= 0.3 is 7.60 Å². The Bertz CT molecular complexity index is 243. The summed E-state index contributed by atoms with van der Waals surface area (Å²) in [6.45, 7) is 1.61. The molecule has 1 aliphatic rings. The van der Waals surface area contributed by atoms with Gasteiger partial charge in [-0.25, -0.2) is 0 Å². The monoisotopic (exact) mass is 198 g/mol. The Hall–Kier alpha value is 0.380. The third-order valence-electron chi connectivity index (χ3n) is 2.01. The first-order chi connectivity index (χ1) is 4.81. The van der Waals surface area contributed by atoms with E-state index in [9.17, 15) is 9.13 Å². The Morgan fingerprint density at radius 1 is 1.55 bits per heavy atom. The summed E-state index contributed by atoms with van der Waals surface area (Å²) in [4.78, 5) is 17.5. The molecule has 0 aromatic carbocycles. The van der Waals surface area contributed by atoms with Crippen LogP contribution in [0.15, 0.2) is 0 Å². The molecular formula is C5H12O4P2. The topological polar surface area (TPSA) is 74.6 Å². The van der Waals surface area contributed by atoms with Gasteiger partial charge < -0.3 is 14.4 Å². The van der Waals surface area contributed by atoms with Crippen LogP contribution >= 0.6 is 14.7 Å². The van der Waals surface area contributed by atoms with Crippen LogP contribution in [0.25, 0.3) is 0 Å². The van der Waals surface area contributed by atoms with Crippen LogP contribution < -0.4 is 0 Å². The molecule has 0 saturated carbocycles. The minimum atomic E-state index is -3.97. The summed E-state index contributed by atoms with van der Waals surface area (Å²) in [5, 5.41) is 0. The van der Waals surface area contributed by atoms with Crippen molar-refractivity contribution in [1.29, 1.82) is 0 Å². The standard InChI is InChI=1S/C5H12O4P2/c1-10(6)3-2-5(4-10)11(7,8)9/h5H,2-4H2,1H3,(H2,7,8,9). The van der Waals surface area contributed by atoms with E-state index >= 15 is 0 Å². The minimum Gasteiger partial charge on any atom is -0.324 e. The summed E-state index contributed by atoms with van der Waals surface area (Å²) in [5.74, 6) is 0. The Balaban J connectivity index is 2.70. The van der Waals surface area contributed by atoms with Gasteiger partial charge in [-0.15, -0.1) is 0 Å². The van der Waals surface area contributed by atoms with E-state index in [1.165, 1.54) is 0 Å². The molecule has 1 heterocycles. The molecule has 1 saturated heterocycles. The van der Waals surface area contributed by atoms with E-state index in [1.54, 1.807) is 6.66 Å². The van der Waals surface area contributed by atoms with Crippen LogP contribution in [0.3, 0.4) is 0 Å². The van der Waals surface area contributed by atoms with Crippen LogP contribution in [-0.2, 0) is 9.13 Å². The molecule has 0 aromatic rings. The van der Waals surface area contributed by atoms with Gasteiger partial charge in [0.2, 0.25) is 0 Å². The van der Waals surface area contributed by atoms with Crippen molar-refractivity contribution in [3.05, 3.63) is 0 Å². The van der Waals surface area contributed by atoms with Crippen molar-refractivity contribution in [1.82, 2.24) is 0 Å². The van der Waals surface area contributed by atoms with Crippen LogP contribution in [-0.4, -0.2) is 34.4 Å². The lowest BCUT2D eigenvalue weighted by Crippen LogP contribution is -2.05. The summed E-state index contributed by atoms with van der Waals surface area (Å²) in [7, 11) is -6.15. The van der Waals surface area contributed by atoms with Crippen LogP contribution in [0.1, 0.15) is 6.42 Å². The summed E-state index contributed by atoms with van der Waals surface area (Å²) in [5.41, 5.74) is -0.640. The van der Waals surface area contributed by atoms with Crippen molar-refractivity contribution in [2.75, 3.05) is 19.0 Å². The maximum Gasteiger partial charge on any atom is 0.329 e. The second-order valence-electron chi connectivity index (χ2n) is 3.23. The van der Waals surface area contributed by atoms with Gasteiger partial charge in [-0.3, -0.25) is 4.57 Å². The highest BCUT2D eigenvalue weighted by atomic mass is 31.2. The molecule has 0 amide bonds. The smallest absolute Gasteiger partial charge is 0.324 e. The van der Waals surface area contributed by atoms with Gasteiger partial charge in [0, 0.05) is 12.3 Å². The Morgan fingerprint density at radius 2 is 2.09 bits per heavy atom. The molecular weight excluding hydrogens is 186 g/mol. The van der Waals surface area contributed by atoms with Crippen molar-refractivity contribution in [3.63, 3.8) is 0 Å². The molecule has 1 rings (SSSR count). The molecule has 1 aliphatic heterocycles. The van der Waals surface area contributed by atoms with E-state index in [4.69, 9.17) is 9.79 Å². The zero-order valence-corrected chi connectivity index (χ0v) is 8.09. The molecule has 0 radical (unpaired) electrons. The van der Waals surface area contributed by atoms with Crippen LogP contribution in [0, 0.1) is 0 Å². The molecule has 0 aromatic heterocycles. The van der Waals surface area contributed by atoms with Crippen molar-refractivity contribution in [3.8, 4) is 0 Å². The average Bonchev–Trinajstić information content (AvgIpc) is 2.07. The first-order valence-corrected chi connectivity index (χ1v) is 7.63. The largest absolute Gasteiger partial charge is 0.329 e. The predicted molar refractivity (Wildman–Crippen MR) is 43.7 cm³/mol. The molecule has 11 heavy (non-hydrogen) atoms. The number of hydrogen-bond donors (Lipinski definition) is 2. The predicted octanol–water partition coefficient (Wildman–Crippen LogP) is 0.929. The lowest BCUT2D eigenvalue weighted by atomic mass is 10.4. The zero-order valence-electron chi connectivity index (χ0n) is 6.30. The fraction of sp³-hybridized carbons (Fsp3) is 1.00. The molecule has 4 nitrogen and oxygen atoms in total. The molecule has 2 unspecified atom stereocenters. The molecule has 1 fully saturated rings. The van der Waals surface area contributed by atoms with E-state index in [0.717, 1.165) is 0 Å². The summed E-state index contributed by atoms with van der Waals surface area (Å²) >= 11 is 0. The fourth-order valence-electron chi connectivity index (χ4n) is 1.33. The molecule has 2 N–H and O–H groups in total. The van der Waals surface area contributed by atoms with Gasteiger partial charge in [0.15, 0.2) is 0 Å². The van der Waals surface area contributed by atoms with Crippen LogP contribution in [0.5, 0.6) is 0 Å². The second kappa shape index (κ2) is 2.70. The van der Waals surface area contributed by atoms with Gasteiger partial charge in [-0.05, 0) is 13.1 Å². The highest BCUT2D eigenvalue weighted by Crippen LogP contribution is 2.58. The van der Waals surface area contributed by atoms with Crippen molar-refractivity contribution >= 4 is 14.7 Å². The second-order valence-corrected chi connectivity index (χ2v) is 8.55. The summed E-state index contributed by atoms with van der Waals surface area (Å²) in [6.07, 6.45) is 1.12. The summed E-state index contributed by atoms with van der Waals surface area (Å²) in [6, 6.07) is 0. The first kappa shape index (κ1) is 9.47. The number of rotatable bonds is 1. The Morgan fingerprint density at radius 3 is 2.27 bits per heavy atom. The highest BCUT2D eigenvalue weighted by Gasteiger charge is 2.39. The van der Waals surface area contributed by atoms with E-state index in [0.29, 0.717) is 12.6 Å². The average molecular weight is 198 g/mol. The highest BCUT2D eigenvalue weighted by molar-refractivity contribution is 7.65. The van der Waals surface area contributed by atoms with Crippen LogP contribution in [0.2, 0.25) is 0 Å². The van der Waals surface area contributed by atoms with Crippen molar-refractivity contribution in [2.45, 2.75) is 12.1 Å². The third kappa shape index (κ3) is 2.41. The van der Waals surface area contributed by atoms with Gasteiger partial charge in [0.05, 0.1) is 12.8 Å². The van der Waals surface area contributed by atoms with E-state index < -0.39 is 20.4 Å². The molecule has 66 valence electrons. The lowest BCUT2D eigenvalue weighted by Gasteiger charge is -2.10. The van der Waals surface area contributed by atoms with E-state index in [-0.39, 0.29) is 6.16 Å². The quantitative estimate of drug-likeness (QED) is 0.614. The van der Waals surface area contributed by atoms with Gasteiger partial charge in [-0.1, -0.05) is 0 Å². The van der Waals surface area contributed by atoms with Crippen molar-refractivity contribution in [2.24, 2.45) is 0 Å². The fourth-order valence-corrected chi connectivity index (χ4v) is 6.00. The van der Waals surface area contributed by atoms with Crippen molar-refractivity contribution < 1.29 is 18.9 Å². The SMILES string of the molecule is CP1(=O)CCC(P(=O)(O)O)C1. The molecule has 0 spiro atoms. The Labute approximate surface area is 65.5 Å². The first-order valence-electron chi connectivity index (χ1n) is 3.42.